The summed E-state index contributed by atoms with van der Waals surface area (Å²) in [6.45, 7) is 2.89. The largest absolute Gasteiger partial charge is 0.399 e. The maximum absolute atomic E-state index is 12.6. The first-order chi connectivity index (χ1) is 14.5. The van der Waals surface area contributed by atoms with Gasteiger partial charge in [-0.2, -0.15) is 5.26 Å². The molecule has 0 spiro atoms. The van der Waals surface area contributed by atoms with Crippen LogP contribution in [0.15, 0.2) is 41.2 Å². The number of amides is 1. The molecule has 0 saturated carbocycles. The van der Waals surface area contributed by atoms with Crippen molar-refractivity contribution in [3.8, 4) is 6.07 Å². The van der Waals surface area contributed by atoms with Crippen molar-refractivity contribution in [2.45, 2.75) is 38.3 Å². The minimum absolute atomic E-state index is 0.133. The third-order valence-corrected chi connectivity index (χ3v) is 5.98. The lowest BCUT2D eigenvalue weighted by atomic mass is 9.96. The quantitative estimate of drug-likeness (QED) is 0.384. The number of H-pyrrole nitrogens is 1. The van der Waals surface area contributed by atoms with Gasteiger partial charge in [-0.25, -0.2) is 0 Å². The van der Waals surface area contributed by atoms with Crippen LogP contribution in [0.1, 0.15) is 25.3 Å². The molecule has 3 atom stereocenters. The molecule has 1 fully saturated rings. The van der Waals surface area contributed by atoms with Crippen molar-refractivity contribution in [3.63, 3.8) is 0 Å². The summed E-state index contributed by atoms with van der Waals surface area (Å²) in [5.41, 5.74) is 7.88. The fraction of sp³-hybridized carbons (Fsp3) is 0.348. The molecule has 0 aliphatic carbocycles. The summed E-state index contributed by atoms with van der Waals surface area (Å²) >= 11 is 0. The highest BCUT2D eigenvalue weighted by Crippen LogP contribution is 2.24. The Morgan fingerprint density at radius 1 is 1.27 bits per heavy atom. The molecule has 0 bridgehead atoms. The molecule has 1 aliphatic rings. The van der Waals surface area contributed by atoms with Crippen molar-refractivity contribution in [3.05, 3.63) is 52.3 Å². The standard InChI is InChI=1S/C23H25N5O2/c1-2-14-7-8-26-21(14)23(30)27-16(12-24)9-13-3-5-17-18-11-15(25)4-6-20(18)28-22(29)19(17)10-13/h3-6,10-11,14,16,21,26H,2,7-9,25H2,1H3,(H,27,30)(H,28,29)/t14-,16?,21-/m0/s1. The maximum Gasteiger partial charge on any atom is 0.256 e. The zero-order chi connectivity index (χ0) is 21.3. The van der Waals surface area contributed by atoms with E-state index < -0.39 is 6.04 Å². The number of benzene rings is 2. The summed E-state index contributed by atoms with van der Waals surface area (Å²) in [6.07, 6.45) is 2.22. The Balaban J connectivity index is 1.59. The van der Waals surface area contributed by atoms with Gasteiger partial charge in [-0.1, -0.05) is 25.5 Å². The highest BCUT2D eigenvalue weighted by Gasteiger charge is 2.32. The van der Waals surface area contributed by atoms with Gasteiger partial charge in [-0.15, -0.1) is 0 Å². The molecule has 1 amide bonds. The Morgan fingerprint density at radius 2 is 2.10 bits per heavy atom. The number of fused-ring (bicyclic) bond motifs is 3. The van der Waals surface area contributed by atoms with E-state index >= 15 is 0 Å². The molecule has 2 aromatic carbocycles. The predicted octanol–water partition coefficient (Wildman–Crippen LogP) is 2.20. The first-order valence-electron chi connectivity index (χ1n) is 10.3. The van der Waals surface area contributed by atoms with Gasteiger partial charge in [0.1, 0.15) is 6.04 Å². The Kier molecular flexibility index (Phi) is 5.42. The van der Waals surface area contributed by atoms with Gasteiger partial charge in [0.15, 0.2) is 0 Å². The smallest absolute Gasteiger partial charge is 0.256 e. The maximum atomic E-state index is 12.6. The summed E-state index contributed by atoms with van der Waals surface area (Å²) in [5.74, 6) is 0.162. The van der Waals surface area contributed by atoms with Crippen molar-refractivity contribution in [2.24, 2.45) is 5.92 Å². The van der Waals surface area contributed by atoms with Crippen LogP contribution in [0.25, 0.3) is 21.7 Å². The Bertz CT molecular complexity index is 1210. The SMILES string of the molecule is CC[C@H]1CCN[C@@H]1C(=O)NC(C#N)Cc1ccc2c(c1)c(=O)[nH]c1ccc(N)cc12. The number of rotatable bonds is 5. The van der Waals surface area contributed by atoms with E-state index in [-0.39, 0.29) is 17.5 Å². The third-order valence-electron chi connectivity index (χ3n) is 5.98. The number of nitrogens with two attached hydrogens (primary N) is 1. The molecule has 0 radical (unpaired) electrons. The predicted molar refractivity (Wildman–Crippen MR) is 118 cm³/mol. The van der Waals surface area contributed by atoms with Gasteiger partial charge in [0.2, 0.25) is 5.91 Å². The normalized spacial score (nSPS) is 19.6. The van der Waals surface area contributed by atoms with Crippen molar-refractivity contribution in [2.75, 3.05) is 12.3 Å². The lowest BCUT2D eigenvalue weighted by Crippen LogP contribution is -2.47. The van der Waals surface area contributed by atoms with Gasteiger partial charge in [0.05, 0.1) is 12.1 Å². The van der Waals surface area contributed by atoms with Gasteiger partial charge >= 0.3 is 0 Å². The van der Waals surface area contributed by atoms with Crippen LogP contribution in [0.4, 0.5) is 5.69 Å². The number of carbonyl (C=O) groups is 1. The topological polar surface area (TPSA) is 124 Å². The molecule has 2 heterocycles. The summed E-state index contributed by atoms with van der Waals surface area (Å²) in [4.78, 5) is 28.1. The van der Waals surface area contributed by atoms with E-state index in [9.17, 15) is 14.9 Å². The first-order valence-corrected chi connectivity index (χ1v) is 10.3. The molecule has 1 unspecified atom stereocenters. The number of pyridine rings is 1. The van der Waals surface area contributed by atoms with E-state index in [4.69, 9.17) is 5.73 Å². The van der Waals surface area contributed by atoms with E-state index in [0.29, 0.717) is 23.4 Å². The zero-order valence-corrected chi connectivity index (χ0v) is 16.9. The second-order valence-electron chi connectivity index (χ2n) is 7.92. The zero-order valence-electron chi connectivity index (χ0n) is 16.9. The number of aromatic nitrogens is 1. The van der Waals surface area contributed by atoms with Crippen LogP contribution in [0.2, 0.25) is 0 Å². The van der Waals surface area contributed by atoms with Crippen LogP contribution in [0, 0.1) is 17.2 Å². The summed E-state index contributed by atoms with van der Waals surface area (Å²) < 4.78 is 0. The molecule has 154 valence electrons. The monoisotopic (exact) mass is 403 g/mol. The molecule has 1 aliphatic heterocycles. The van der Waals surface area contributed by atoms with E-state index in [1.54, 1.807) is 18.2 Å². The lowest BCUT2D eigenvalue weighted by Gasteiger charge is -2.20. The Hall–Kier alpha value is -3.37. The molecule has 30 heavy (non-hydrogen) atoms. The first kappa shape index (κ1) is 19.9. The average Bonchev–Trinajstić information content (AvgIpc) is 3.23. The van der Waals surface area contributed by atoms with Crippen LogP contribution >= 0.6 is 0 Å². The van der Waals surface area contributed by atoms with Crippen molar-refractivity contribution >= 4 is 33.3 Å². The average molecular weight is 403 g/mol. The number of nitrogen functional groups attached to an aromatic ring is 1. The van der Waals surface area contributed by atoms with Gasteiger partial charge in [-0.05, 0) is 54.1 Å². The van der Waals surface area contributed by atoms with Crippen molar-refractivity contribution in [1.82, 2.24) is 15.6 Å². The number of nitrogens with one attached hydrogen (secondary N) is 3. The molecular formula is C23H25N5O2. The van der Waals surface area contributed by atoms with Crippen LogP contribution < -0.4 is 21.9 Å². The number of nitrogens with zero attached hydrogens (tertiary/aromatic N) is 1. The Labute approximate surface area is 174 Å². The van der Waals surface area contributed by atoms with Gasteiger partial charge < -0.3 is 21.4 Å². The molecule has 1 saturated heterocycles. The number of aromatic amines is 1. The minimum atomic E-state index is -0.662. The fourth-order valence-corrected chi connectivity index (χ4v) is 4.35. The van der Waals surface area contributed by atoms with Crippen LogP contribution in [0.5, 0.6) is 0 Å². The summed E-state index contributed by atoms with van der Waals surface area (Å²) in [7, 11) is 0. The van der Waals surface area contributed by atoms with Crippen molar-refractivity contribution < 1.29 is 4.79 Å². The van der Waals surface area contributed by atoms with Gasteiger partial charge in [0, 0.05) is 28.4 Å². The highest BCUT2D eigenvalue weighted by atomic mass is 16.2. The Morgan fingerprint density at radius 3 is 2.87 bits per heavy atom. The van der Waals surface area contributed by atoms with Crippen LogP contribution in [0.3, 0.4) is 0 Å². The number of hydrogen-bond acceptors (Lipinski definition) is 5. The molecule has 5 N–H and O–H groups in total. The van der Waals surface area contributed by atoms with Gasteiger partial charge in [-0.3, -0.25) is 9.59 Å². The van der Waals surface area contributed by atoms with Gasteiger partial charge in [0.25, 0.3) is 5.56 Å². The number of nitriles is 1. The lowest BCUT2D eigenvalue weighted by molar-refractivity contribution is -0.124. The number of hydrogen-bond donors (Lipinski definition) is 4. The molecular weight excluding hydrogens is 378 g/mol. The van der Waals surface area contributed by atoms with Crippen molar-refractivity contribution in [1.29, 1.82) is 5.26 Å². The van der Waals surface area contributed by atoms with E-state index in [2.05, 4.69) is 28.6 Å². The summed E-state index contributed by atoms with van der Waals surface area (Å²) in [6, 6.07) is 12.2. The fourth-order valence-electron chi connectivity index (χ4n) is 4.35. The molecule has 7 nitrogen and oxygen atoms in total. The summed E-state index contributed by atoms with van der Waals surface area (Å²) in [5, 5.41) is 17.9. The van der Waals surface area contributed by atoms with E-state index in [0.717, 1.165) is 41.2 Å². The second kappa shape index (κ2) is 8.17. The highest BCUT2D eigenvalue weighted by molar-refractivity contribution is 6.06. The van der Waals surface area contributed by atoms with E-state index in [1.165, 1.54) is 0 Å². The van der Waals surface area contributed by atoms with Crippen LogP contribution in [-0.4, -0.2) is 29.5 Å². The van der Waals surface area contributed by atoms with E-state index in [1.807, 2.05) is 18.2 Å². The second-order valence-corrected chi connectivity index (χ2v) is 7.92. The molecule has 4 rings (SSSR count). The minimum Gasteiger partial charge on any atom is -0.399 e. The third kappa shape index (κ3) is 3.74. The molecule has 1 aromatic heterocycles. The van der Waals surface area contributed by atoms with Crippen LogP contribution in [-0.2, 0) is 11.2 Å². The number of carbonyl (C=O) groups excluding carboxylic acids is 1. The number of anilines is 1. The molecule has 3 aromatic rings. The molecule has 7 heteroatoms.